The van der Waals surface area contributed by atoms with Gasteiger partial charge in [-0.05, 0) is 41.6 Å². The number of amides is 2. The molecule has 6 rings (SSSR count). The third kappa shape index (κ3) is 4.39. The number of esters is 1. The quantitative estimate of drug-likeness (QED) is 0.289. The summed E-state index contributed by atoms with van der Waals surface area (Å²) in [5.41, 5.74) is 3.85. The predicted molar refractivity (Wildman–Crippen MR) is 140 cm³/mol. The summed E-state index contributed by atoms with van der Waals surface area (Å²) in [6, 6.07) is 23.1. The molecule has 3 aromatic rings. The van der Waals surface area contributed by atoms with Gasteiger partial charge < -0.3 is 14.2 Å². The second-order valence-corrected chi connectivity index (χ2v) is 9.72. The number of hydrogen-bond acceptors (Lipinski definition) is 9. The van der Waals surface area contributed by atoms with E-state index >= 15 is 0 Å². The maximum atomic E-state index is 12.4. The van der Waals surface area contributed by atoms with Gasteiger partial charge in [-0.3, -0.25) is 14.9 Å². The van der Waals surface area contributed by atoms with Crippen molar-refractivity contribution < 1.29 is 28.6 Å². The van der Waals surface area contributed by atoms with Gasteiger partial charge in [-0.15, -0.1) is 0 Å². The van der Waals surface area contributed by atoms with Crippen LogP contribution >= 0.6 is 11.8 Å². The van der Waals surface area contributed by atoms with Crippen LogP contribution in [-0.2, 0) is 9.59 Å². The van der Waals surface area contributed by atoms with Crippen LogP contribution in [0.1, 0.15) is 35.4 Å². The van der Waals surface area contributed by atoms with Crippen LogP contribution in [0.4, 0.5) is 4.79 Å². The third-order valence-electron chi connectivity index (χ3n) is 6.38. The number of para-hydroxylation sites is 1. The number of ether oxygens (including phenoxy) is 3. The van der Waals surface area contributed by atoms with E-state index in [9.17, 15) is 14.4 Å². The number of methoxy groups -OCH3 is 1. The van der Waals surface area contributed by atoms with Crippen LogP contribution < -0.4 is 19.5 Å². The molecular formula is C28H21N3O6S. The number of rotatable bonds is 5. The number of carbonyl (C=O) groups is 3. The molecule has 1 fully saturated rings. The number of imide groups is 1. The monoisotopic (exact) mass is 527 g/mol. The maximum Gasteiger partial charge on any atom is 0.337 e. The highest BCUT2D eigenvalue weighted by Crippen LogP contribution is 2.48. The predicted octanol–water partition coefficient (Wildman–Crippen LogP) is 4.71. The van der Waals surface area contributed by atoms with Crippen LogP contribution in [0.25, 0.3) is 0 Å². The Hall–Kier alpha value is -4.57. The summed E-state index contributed by atoms with van der Waals surface area (Å²) in [5, 5.41) is 8.48. The van der Waals surface area contributed by atoms with Crippen LogP contribution in [-0.4, -0.2) is 34.9 Å². The van der Waals surface area contributed by atoms with Gasteiger partial charge in [0.25, 0.3) is 11.1 Å². The lowest BCUT2D eigenvalue weighted by molar-refractivity contribution is -0.129. The number of nitrogens with zero attached hydrogens (tertiary/aromatic N) is 2. The van der Waals surface area contributed by atoms with Crippen molar-refractivity contribution >= 4 is 34.6 Å². The Balaban J connectivity index is 1.31. The van der Waals surface area contributed by atoms with Gasteiger partial charge >= 0.3 is 5.97 Å². The van der Waals surface area contributed by atoms with Gasteiger partial charge in [-0.1, -0.05) is 48.5 Å². The largest absolute Gasteiger partial charge is 0.493 e. The lowest BCUT2D eigenvalue weighted by Gasteiger charge is -2.38. The Labute approximate surface area is 222 Å². The molecule has 1 saturated heterocycles. The van der Waals surface area contributed by atoms with Gasteiger partial charge in [0.15, 0.2) is 11.5 Å². The summed E-state index contributed by atoms with van der Waals surface area (Å²) in [5.74, 6) is -0.186. The fourth-order valence-corrected chi connectivity index (χ4v) is 5.29. The summed E-state index contributed by atoms with van der Waals surface area (Å²) < 4.78 is 17.3. The second-order valence-electron chi connectivity index (χ2n) is 8.70. The van der Waals surface area contributed by atoms with Crippen LogP contribution in [0.3, 0.4) is 0 Å². The molecular weight excluding hydrogens is 506 g/mol. The minimum absolute atomic E-state index is 0.00644. The zero-order valence-electron chi connectivity index (χ0n) is 20.1. The minimum atomic E-state index is -0.803. The number of carbonyl (C=O) groups excluding carboxylic acids is 3. The fourth-order valence-electron chi connectivity index (χ4n) is 4.65. The Morgan fingerprint density at radius 1 is 1.08 bits per heavy atom. The molecule has 38 heavy (non-hydrogen) atoms. The Morgan fingerprint density at radius 2 is 1.87 bits per heavy atom. The molecule has 0 spiro atoms. The van der Waals surface area contributed by atoms with E-state index in [0.29, 0.717) is 17.5 Å². The number of thioether (sulfide) groups is 1. The van der Waals surface area contributed by atoms with Gasteiger partial charge in [0.1, 0.15) is 5.75 Å². The van der Waals surface area contributed by atoms with Crippen molar-refractivity contribution in [3.8, 4) is 17.2 Å². The highest BCUT2D eigenvalue weighted by atomic mass is 32.2. The molecule has 0 aromatic heterocycles. The third-order valence-corrected chi connectivity index (χ3v) is 7.19. The zero-order chi connectivity index (χ0) is 26.2. The topological polar surface area (TPSA) is 107 Å². The first-order valence-electron chi connectivity index (χ1n) is 11.8. The normalized spacial score (nSPS) is 20.8. The first-order valence-corrected chi connectivity index (χ1v) is 12.6. The summed E-state index contributed by atoms with van der Waals surface area (Å²) in [6.07, 6.45) is 1.17. The molecule has 0 bridgehead atoms. The summed E-state index contributed by atoms with van der Waals surface area (Å²) in [6.45, 7) is 0. The van der Waals surface area contributed by atoms with Crippen LogP contribution in [0.15, 0.2) is 88.9 Å². The minimum Gasteiger partial charge on any atom is -0.493 e. The highest BCUT2D eigenvalue weighted by molar-refractivity contribution is 8.18. The summed E-state index contributed by atoms with van der Waals surface area (Å²) >= 11 is 0.640. The van der Waals surface area contributed by atoms with E-state index in [2.05, 4.69) is 11.4 Å². The number of hydrogen-bond donors (Lipinski definition) is 1. The molecule has 3 aliphatic rings. The molecule has 3 aliphatic heterocycles. The first kappa shape index (κ1) is 23.8. The van der Waals surface area contributed by atoms with E-state index < -0.39 is 23.3 Å². The number of fused-ring (bicyclic) bond motifs is 3. The first-order chi connectivity index (χ1) is 18.5. The Kier molecular flexibility index (Phi) is 6.09. The van der Waals surface area contributed by atoms with Crippen LogP contribution in [0.2, 0.25) is 0 Å². The SMILES string of the molecule is COc1cc([C@@H]2Oc3ccccc3[C@H]3CC(c4ccccc4)=NN32)ccc1OC(=O)/C=C1\SC(=O)NC1=O. The van der Waals surface area contributed by atoms with Crippen LogP contribution in [0, 0.1) is 0 Å². The van der Waals surface area contributed by atoms with E-state index in [1.165, 1.54) is 7.11 Å². The number of nitrogens with one attached hydrogen (secondary N) is 1. The van der Waals surface area contributed by atoms with Crippen molar-refractivity contribution in [1.29, 1.82) is 0 Å². The van der Waals surface area contributed by atoms with Crippen molar-refractivity contribution in [2.24, 2.45) is 5.10 Å². The summed E-state index contributed by atoms with van der Waals surface area (Å²) in [4.78, 5) is 35.5. The molecule has 9 nitrogen and oxygen atoms in total. The number of hydrazone groups is 1. The second kappa shape index (κ2) is 9.71. The van der Waals surface area contributed by atoms with Crippen molar-refractivity contribution in [2.45, 2.75) is 18.7 Å². The standard InChI is InChI=1S/C28H21N3O6S/c1-35-23-13-17(11-12-22(23)36-25(32)15-24-26(33)29-28(34)38-24)27-31-20(18-9-5-6-10-21(18)37-27)14-19(30-31)16-7-3-2-4-8-16/h2-13,15,20,27H,14H2,1H3,(H,29,33,34)/b24-15-/t20-,27+/m1/s1. The van der Waals surface area contributed by atoms with Crippen molar-refractivity contribution in [1.82, 2.24) is 10.3 Å². The Bertz CT molecular complexity index is 1520. The molecule has 1 N–H and O–H groups in total. The lowest BCUT2D eigenvalue weighted by Crippen LogP contribution is -2.33. The molecule has 2 amide bonds. The van der Waals surface area contributed by atoms with Gasteiger partial charge in [0.2, 0.25) is 6.23 Å². The lowest BCUT2D eigenvalue weighted by atomic mass is 9.96. The highest BCUT2D eigenvalue weighted by Gasteiger charge is 2.41. The van der Waals surface area contributed by atoms with E-state index in [0.717, 1.165) is 40.6 Å². The molecule has 10 heteroatoms. The molecule has 3 aromatic carbocycles. The molecule has 190 valence electrons. The van der Waals surface area contributed by atoms with E-state index in [-0.39, 0.29) is 16.7 Å². The molecule has 0 saturated carbocycles. The Morgan fingerprint density at radius 3 is 2.63 bits per heavy atom. The fraction of sp³-hybridized carbons (Fsp3) is 0.143. The van der Waals surface area contributed by atoms with Crippen molar-refractivity contribution in [3.63, 3.8) is 0 Å². The zero-order valence-corrected chi connectivity index (χ0v) is 20.9. The average molecular weight is 528 g/mol. The molecule has 0 unspecified atom stereocenters. The van der Waals surface area contributed by atoms with E-state index in [1.807, 2.05) is 53.5 Å². The summed E-state index contributed by atoms with van der Waals surface area (Å²) in [7, 11) is 1.47. The average Bonchev–Trinajstić information content (AvgIpc) is 3.52. The molecule has 2 atom stereocenters. The van der Waals surface area contributed by atoms with Gasteiger partial charge in [-0.2, -0.15) is 5.10 Å². The van der Waals surface area contributed by atoms with Crippen LogP contribution in [0.5, 0.6) is 17.2 Å². The van der Waals surface area contributed by atoms with E-state index in [4.69, 9.17) is 19.3 Å². The maximum absolute atomic E-state index is 12.4. The number of benzene rings is 3. The van der Waals surface area contributed by atoms with Gasteiger partial charge in [-0.25, -0.2) is 9.80 Å². The van der Waals surface area contributed by atoms with Gasteiger partial charge in [0, 0.05) is 23.6 Å². The smallest absolute Gasteiger partial charge is 0.337 e. The van der Waals surface area contributed by atoms with Gasteiger partial charge in [0.05, 0.1) is 23.8 Å². The van der Waals surface area contributed by atoms with Crippen molar-refractivity contribution in [3.05, 3.63) is 100 Å². The van der Waals surface area contributed by atoms with E-state index in [1.54, 1.807) is 18.2 Å². The molecule has 0 radical (unpaired) electrons. The molecule has 0 aliphatic carbocycles. The molecule has 3 heterocycles. The van der Waals surface area contributed by atoms with Crippen molar-refractivity contribution in [2.75, 3.05) is 7.11 Å².